The molecule has 0 aliphatic heterocycles. The zero-order valence-corrected chi connectivity index (χ0v) is 32.7. The predicted molar refractivity (Wildman–Crippen MR) is 200 cm³/mol. The minimum atomic E-state index is -1.38. The van der Waals surface area contributed by atoms with Crippen LogP contribution in [-0.2, 0) is 19.1 Å². The lowest BCUT2D eigenvalue weighted by Gasteiger charge is -2.69. The van der Waals surface area contributed by atoms with Gasteiger partial charge in [-0.3, -0.25) is 9.59 Å². The van der Waals surface area contributed by atoms with Crippen molar-refractivity contribution in [1.29, 1.82) is 0 Å². The summed E-state index contributed by atoms with van der Waals surface area (Å²) >= 11 is 0. The van der Waals surface area contributed by atoms with Gasteiger partial charge in [0.1, 0.15) is 11.9 Å². The van der Waals surface area contributed by atoms with Crippen molar-refractivity contribution in [1.82, 2.24) is 5.32 Å². The molecule has 282 valence electrons. The molecule has 4 aliphatic rings. The van der Waals surface area contributed by atoms with Gasteiger partial charge < -0.3 is 25.0 Å². The number of rotatable bonds is 7. The molecule has 3 saturated carbocycles. The molecule has 2 aromatic rings. The molecule has 3 N–H and O–H groups in total. The highest BCUT2D eigenvalue weighted by Crippen LogP contribution is 2.70. The number of carbonyl (C=O) groups is 3. The Hall–Kier alpha value is -3.33. The molecule has 1 amide bonds. The fraction of sp³-hybridized carbons (Fsp3) is 0.614. The molecular weight excluding hydrogens is 654 g/mol. The van der Waals surface area contributed by atoms with E-state index in [1.807, 2.05) is 98.7 Å². The number of aliphatic hydroxyl groups excluding tert-OH is 1. The number of fused-ring (bicyclic) bond motifs is 5. The van der Waals surface area contributed by atoms with Crippen LogP contribution in [0.25, 0.3) is 0 Å². The number of benzene rings is 2. The summed E-state index contributed by atoms with van der Waals surface area (Å²) in [6.07, 6.45) is -0.242. The number of aliphatic hydroxyl groups is 2. The zero-order chi connectivity index (χ0) is 38.2. The maximum Gasteiger partial charge on any atom is 0.338 e. The van der Waals surface area contributed by atoms with Crippen molar-refractivity contribution in [3.63, 3.8) is 0 Å². The van der Waals surface area contributed by atoms with E-state index in [1.165, 1.54) is 0 Å². The molecule has 8 nitrogen and oxygen atoms in total. The first-order valence-electron chi connectivity index (χ1n) is 19.1. The summed E-state index contributed by atoms with van der Waals surface area (Å²) in [5.41, 5.74) is -1.64. The third-order valence-corrected chi connectivity index (χ3v) is 14.0. The molecule has 0 heterocycles. The van der Waals surface area contributed by atoms with Crippen LogP contribution in [-0.4, -0.2) is 57.4 Å². The molecular formula is C44H59NO7. The Balaban J connectivity index is 1.42. The van der Waals surface area contributed by atoms with Crippen LogP contribution >= 0.6 is 0 Å². The molecule has 0 aromatic heterocycles. The lowest BCUT2D eigenvalue weighted by atomic mass is 9.36. The Morgan fingerprint density at radius 3 is 2.12 bits per heavy atom. The van der Waals surface area contributed by atoms with Gasteiger partial charge in [0.25, 0.3) is 5.91 Å². The summed E-state index contributed by atoms with van der Waals surface area (Å²) in [5.74, 6) is -2.06. The summed E-state index contributed by atoms with van der Waals surface area (Å²) in [6.45, 7) is 19.6. The topological polar surface area (TPSA) is 122 Å². The molecule has 52 heavy (non-hydrogen) atoms. The standard InChI is InChI=1S/C44H59NO7/c1-25-31(51-39(49)35(52-40(4,5)6)34(28-17-13-11-14-18-28)45-38(48)29-19-15-12-16-20-29)24-44(50)27(3)36-42(9)22-21-30(42)23-32(46)43(36,10)37(47)26(2)33(25)41(44,7)8/h11-20,26-27,30-32,34-36,46,50H,21-24H2,1-10H3,(H,45,48)/t26-,27+,30-,31+,32+,34+,35-,36-,42-,43-,44-/m1/s1. The van der Waals surface area contributed by atoms with Gasteiger partial charge in [0, 0.05) is 23.3 Å². The molecule has 2 bridgehead atoms. The van der Waals surface area contributed by atoms with Gasteiger partial charge >= 0.3 is 5.97 Å². The summed E-state index contributed by atoms with van der Waals surface area (Å²) in [4.78, 5) is 43.2. The normalized spacial score (nSPS) is 36.6. The van der Waals surface area contributed by atoms with E-state index in [9.17, 15) is 24.6 Å². The average molecular weight is 714 g/mol. The quantitative estimate of drug-likeness (QED) is 0.202. The van der Waals surface area contributed by atoms with E-state index in [1.54, 1.807) is 24.3 Å². The monoisotopic (exact) mass is 713 g/mol. The summed E-state index contributed by atoms with van der Waals surface area (Å²) in [7, 11) is 0. The second-order valence-corrected chi connectivity index (χ2v) is 18.3. The molecule has 6 rings (SSSR count). The highest BCUT2D eigenvalue weighted by molar-refractivity contribution is 5.95. The van der Waals surface area contributed by atoms with Crippen molar-refractivity contribution in [2.24, 2.45) is 39.9 Å². The Bertz CT molecular complexity index is 1730. The van der Waals surface area contributed by atoms with Crippen LogP contribution in [0.1, 0.15) is 117 Å². The second kappa shape index (κ2) is 13.2. The number of hydrogen-bond acceptors (Lipinski definition) is 7. The van der Waals surface area contributed by atoms with Gasteiger partial charge in [-0.25, -0.2) is 4.79 Å². The average Bonchev–Trinajstić information content (AvgIpc) is 3.09. The zero-order valence-electron chi connectivity index (χ0n) is 32.7. The van der Waals surface area contributed by atoms with Gasteiger partial charge in [-0.05, 0) is 106 Å². The predicted octanol–water partition coefficient (Wildman–Crippen LogP) is 7.39. The van der Waals surface area contributed by atoms with Crippen molar-refractivity contribution >= 4 is 17.7 Å². The third kappa shape index (κ3) is 5.97. The van der Waals surface area contributed by atoms with Crippen LogP contribution < -0.4 is 5.32 Å². The Kier molecular flexibility index (Phi) is 9.75. The van der Waals surface area contributed by atoms with Crippen LogP contribution in [0.2, 0.25) is 0 Å². The molecule has 2 aromatic carbocycles. The van der Waals surface area contributed by atoms with E-state index in [4.69, 9.17) is 9.47 Å². The number of esters is 1. The fourth-order valence-electron chi connectivity index (χ4n) is 11.3. The van der Waals surface area contributed by atoms with Gasteiger partial charge in [-0.1, -0.05) is 83.1 Å². The van der Waals surface area contributed by atoms with Crippen molar-refractivity contribution < 1.29 is 34.1 Å². The van der Waals surface area contributed by atoms with Gasteiger partial charge in [-0.15, -0.1) is 0 Å². The van der Waals surface area contributed by atoms with Gasteiger partial charge in [0.15, 0.2) is 6.10 Å². The largest absolute Gasteiger partial charge is 0.456 e. The minimum Gasteiger partial charge on any atom is -0.456 e. The smallest absolute Gasteiger partial charge is 0.338 e. The Morgan fingerprint density at radius 2 is 1.56 bits per heavy atom. The lowest BCUT2D eigenvalue weighted by molar-refractivity contribution is -0.244. The highest BCUT2D eigenvalue weighted by atomic mass is 16.6. The van der Waals surface area contributed by atoms with Crippen LogP contribution in [0.15, 0.2) is 71.8 Å². The van der Waals surface area contributed by atoms with Gasteiger partial charge in [0.2, 0.25) is 0 Å². The SMILES string of the molecule is CC1=C2[C@@H](C)C(=O)[C@@]3(C)[C@H]([C@H](C)[C@](O)(C[C@@H]1OC(=O)[C@H](OC(C)(C)C)[C@@H](NC(=O)c1ccccc1)c1ccccc1)C2(C)C)[C@]1(C)CC[C@@H]1C[C@@H]3O. The molecule has 0 saturated heterocycles. The fourth-order valence-corrected chi connectivity index (χ4v) is 11.3. The van der Waals surface area contributed by atoms with E-state index in [-0.39, 0.29) is 35.4 Å². The highest BCUT2D eigenvalue weighted by Gasteiger charge is 2.71. The first kappa shape index (κ1) is 38.4. The molecule has 3 fully saturated rings. The van der Waals surface area contributed by atoms with Gasteiger partial charge in [0.05, 0.1) is 28.8 Å². The van der Waals surface area contributed by atoms with E-state index in [0.717, 1.165) is 24.0 Å². The third-order valence-electron chi connectivity index (χ3n) is 14.0. The number of amides is 1. The van der Waals surface area contributed by atoms with Crippen LogP contribution in [0.4, 0.5) is 0 Å². The number of Topliss-reactive ketones (excluding diaryl/α,β-unsaturated/α-hetero) is 1. The number of ketones is 1. The number of ether oxygens (including phenoxy) is 2. The molecule has 8 heteroatoms. The van der Waals surface area contributed by atoms with Crippen molar-refractivity contribution in [3.05, 3.63) is 82.9 Å². The van der Waals surface area contributed by atoms with Crippen LogP contribution in [0.3, 0.4) is 0 Å². The minimum absolute atomic E-state index is 0.0124. The van der Waals surface area contributed by atoms with E-state index >= 15 is 0 Å². The summed E-state index contributed by atoms with van der Waals surface area (Å²) < 4.78 is 13.0. The van der Waals surface area contributed by atoms with E-state index in [2.05, 4.69) is 12.2 Å². The van der Waals surface area contributed by atoms with Crippen molar-refractivity contribution in [2.45, 2.75) is 130 Å². The van der Waals surface area contributed by atoms with Crippen LogP contribution in [0.5, 0.6) is 0 Å². The molecule has 0 spiro atoms. The molecule has 11 atom stereocenters. The summed E-state index contributed by atoms with van der Waals surface area (Å²) in [6, 6.07) is 17.2. The van der Waals surface area contributed by atoms with Crippen LogP contribution in [0, 0.1) is 39.9 Å². The molecule has 4 aliphatic carbocycles. The number of hydrogen-bond donors (Lipinski definition) is 3. The van der Waals surface area contributed by atoms with E-state index in [0.29, 0.717) is 17.5 Å². The second-order valence-electron chi connectivity index (χ2n) is 18.3. The maximum atomic E-state index is 14.9. The Labute approximate surface area is 309 Å². The van der Waals surface area contributed by atoms with E-state index < -0.39 is 64.2 Å². The first-order valence-corrected chi connectivity index (χ1v) is 19.1. The van der Waals surface area contributed by atoms with Crippen molar-refractivity contribution in [3.8, 4) is 0 Å². The Morgan fingerprint density at radius 1 is 0.962 bits per heavy atom. The summed E-state index contributed by atoms with van der Waals surface area (Å²) in [5, 5.41) is 28.0. The van der Waals surface area contributed by atoms with Crippen molar-refractivity contribution in [2.75, 3.05) is 0 Å². The molecule has 0 radical (unpaired) electrons. The first-order chi connectivity index (χ1) is 24.2. The number of carbonyl (C=O) groups excluding carboxylic acids is 3. The maximum absolute atomic E-state index is 14.9. The van der Waals surface area contributed by atoms with Gasteiger partial charge in [-0.2, -0.15) is 0 Å². The number of nitrogens with one attached hydrogen (secondary N) is 1. The lowest BCUT2D eigenvalue weighted by Crippen LogP contribution is -2.71. The molecule has 0 unspecified atom stereocenters.